The van der Waals surface area contributed by atoms with Crippen LogP contribution in [0.4, 0.5) is 5.82 Å². The first kappa shape index (κ1) is 13.1. The average molecular weight is 263 g/mol. The molecule has 5 heteroatoms. The molecule has 0 aliphatic rings. The van der Waals surface area contributed by atoms with Crippen molar-refractivity contribution in [2.24, 2.45) is 0 Å². The van der Waals surface area contributed by atoms with Crippen LogP contribution in [0.5, 0.6) is 0 Å². The molecule has 1 heterocycles. The molecule has 1 unspecified atom stereocenters. The van der Waals surface area contributed by atoms with Gasteiger partial charge in [-0.3, -0.25) is 0 Å². The van der Waals surface area contributed by atoms with Crippen LogP contribution in [0.25, 0.3) is 10.8 Å². The van der Waals surface area contributed by atoms with Crippen LogP contribution in [0.2, 0.25) is 0 Å². The van der Waals surface area contributed by atoms with Crippen LogP contribution in [0.15, 0.2) is 30.5 Å². The largest absolute Gasteiger partial charge is 0.387 e. The topological polar surface area (TPSA) is 58.0 Å². The third kappa shape index (κ3) is 3.11. The monoisotopic (exact) mass is 263 g/mol. The van der Waals surface area contributed by atoms with E-state index in [-0.39, 0.29) is 0 Å². The van der Waals surface area contributed by atoms with Crippen molar-refractivity contribution in [1.82, 2.24) is 10.2 Å². The predicted molar refractivity (Wildman–Crippen MR) is 77.0 cm³/mol. The lowest BCUT2D eigenvalue weighted by Crippen LogP contribution is -2.36. The van der Waals surface area contributed by atoms with E-state index in [0.29, 0.717) is 12.3 Å². The second-order valence-corrected chi connectivity index (χ2v) is 5.43. The number of fused-ring (bicyclic) bond motifs is 1. The van der Waals surface area contributed by atoms with Crippen molar-refractivity contribution >= 4 is 28.4 Å². The lowest BCUT2D eigenvalue weighted by atomic mass is 10.1. The molecule has 0 bridgehead atoms. The third-order valence-corrected chi connectivity index (χ3v) is 3.57. The Morgan fingerprint density at radius 1 is 1.39 bits per heavy atom. The van der Waals surface area contributed by atoms with Crippen LogP contribution in [0.3, 0.4) is 0 Å². The van der Waals surface area contributed by atoms with Gasteiger partial charge < -0.3 is 10.4 Å². The van der Waals surface area contributed by atoms with Crippen molar-refractivity contribution in [3.05, 3.63) is 30.5 Å². The molecule has 2 rings (SSSR count). The van der Waals surface area contributed by atoms with Crippen LogP contribution < -0.4 is 5.32 Å². The lowest BCUT2D eigenvalue weighted by Gasteiger charge is -2.22. The van der Waals surface area contributed by atoms with E-state index in [9.17, 15) is 5.11 Å². The molecular weight excluding hydrogens is 246 g/mol. The first-order valence-electron chi connectivity index (χ1n) is 5.78. The number of aliphatic hydroxyl groups is 1. The zero-order valence-electron chi connectivity index (χ0n) is 10.6. The first-order valence-corrected chi connectivity index (χ1v) is 7.17. The SMILES string of the molecule is CSCC(C)(O)CNc1nncc2ccccc12. The molecule has 0 saturated heterocycles. The maximum absolute atomic E-state index is 10.1. The molecule has 2 aromatic rings. The van der Waals surface area contributed by atoms with Gasteiger partial charge in [0.05, 0.1) is 11.8 Å². The number of rotatable bonds is 5. The van der Waals surface area contributed by atoms with Crippen LogP contribution >= 0.6 is 11.8 Å². The van der Waals surface area contributed by atoms with Gasteiger partial charge in [-0.15, -0.1) is 5.10 Å². The standard InChI is InChI=1S/C13H17N3OS/c1-13(17,9-18-2)8-14-12-11-6-4-3-5-10(11)7-15-16-12/h3-7,17H,8-9H2,1-2H3,(H,14,16). The number of nitrogens with one attached hydrogen (secondary N) is 1. The minimum atomic E-state index is -0.752. The van der Waals surface area contributed by atoms with Crippen LogP contribution in [0, 0.1) is 0 Å². The highest BCUT2D eigenvalue weighted by Gasteiger charge is 2.19. The Kier molecular flexibility index (Phi) is 4.04. The molecular formula is C13H17N3OS. The summed E-state index contributed by atoms with van der Waals surface area (Å²) in [5.41, 5.74) is -0.752. The van der Waals surface area contributed by atoms with Gasteiger partial charge in [-0.2, -0.15) is 16.9 Å². The van der Waals surface area contributed by atoms with Crippen molar-refractivity contribution < 1.29 is 5.11 Å². The van der Waals surface area contributed by atoms with E-state index in [4.69, 9.17) is 0 Å². The fourth-order valence-corrected chi connectivity index (χ4v) is 2.52. The Balaban J connectivity index is 2.17. The van der Waals surface area contributed by atoms with Gasteiger partial charge in [-0.25, -0.2) is 0 Å². The van der Waals surface area contributed by atoms with Gasteiger partial charge in [-0.1, -0.05) is 24.3 Å². The van der Waals surface area contributed by atoms with Crippen molar-refractivity contribution in [3.8, 4) is 0 Å². The Morgan fingerprint density at radius 3 is 2.94 bits per heavy atom. The van der Waals surface area contributed by atoms with Gasteiger partial charge in [-0.05, 0) is 13.2 Å². The molecule has 0 spiro atoms. The maximum atomic E-state index is 10.1. The van der Waals surface area contributed by atoms with Crippen LogP contribution in [0.1, 0.15) is 6.92 Å². The summed E-state index contributed by atoms with van der Waals surface area (Å²) < 4.78 is 0. The highest BCUT2D eigenvalue weighted by atomic mass is 32.2. The van der Waals surface area contributed by atoms with Crippen molar-refractivity contribution in [1.29, 1.82) is 0 Å². The highest BCUT2D eigenvalue weighted by Crippen LogP contribution is 2.20. The number of hydrogen-bond donors (Lipinski definition) is 2. The quantitative estimate of drug-likeness (QED) is 0.865. The summed E-state index contributed by atoms with van der Waals surface area (Å²) in [5.74, 6) is 1.40. The first-order chi connectivity index (χ1) is 8.62. The number of nitrogens with zero attached hydrogens (tertiary/aromatic N) is 2. The Hall–Kier alpha value is -1.33. The van der Waals surface area contributed by atoms with Gasteiger partial charge in [0.1, 0.15) is 0 Å². The van der Waals surface area contributed by atoms with E-state index in [0.717, 1.165) is 16.6 Å². The van der Waals surface area contributed by atoms with E-state index in [1.54, 1.807) is 18.0 Å². The van der Waals surface area contributed by atoms with Gasteiger partial charge in [0.15, 0.2) is 5.82 Å². The van der Waals surface area contributed by atoms with Crippen molar-refractivity contribution in [3.63, 3.8) is 0 Å². The minimum Gasteiger partial charge on any atom is -0.387 e. The number of thioether (sulfide) groups is 1. The number of anilines is 1. The summed E-state index contributed by atoms with van der Waals surface area (Å²) in [4.78, 5) is 0. The number of benzene rings is 1. The zero-order valence-corrected chi connectivity index (χ0v) is 11.4. The van der Waals surface area contributed by atoms with E-state index in [2.05, 4.69) is 15.5 Å². The molecule has 0 radical (unpaired) electrons. The summed E-state index contributed by atoms with van der Waals surface area (Å²) >= 11 is 1.62. The number of hydrogen-bond acceptors (Lipinski definition) is 5. The van der Waals surface area contributed by atoms with E-state index in [1.165, 1.54) is 0 Å². The molecule has 1 atom stereocenters. The summed E-state index contributed by atoms with van der Waals surface area (Å²) in [7, 11) is 0. The molecule has 4 nitrogen and oxygen atoms in total. The average Bonchev–Trinajstić information content (AvgIpc) is 2.36. The Morgan fingerprint density at radius 2 is 2.17 bits per heavy atom. The highest BCUT2D eigenvalue weighted by molar-refractivity contribution is 7.98. The molecule has 2 N–H and O–H groups in total. The van der Waals surface area contributed by atoms with Gasteiger partial charge in [0.25, 0.3) is 0 Å². The second kappa shape index (κ2) is 5.54. The van der Waals surface area contributed by atoms with Crippen molar-refractivity contribution in [2.45, 2.75) is 12.5 Å². The van der Waals surface area contributed by atoms with Gasteiger partial charge in [0.2, 0.25) is 0 Å². The van der Waals surface area contributed by atoms with Gasteiger partial charge in [0, 0.05) is 23.1 Å². The third-order valence-electron chi connectivity index (χ3n) is 2.66. The molecule has 1 aromatic heterocycles. The fourth-order valence-electron chi connectivity index (χ4n) is 1.79. The van der Waals surface area contributed by atoms with E-state index >= 15 is 0 Å². The van der Waals surface area contributed by atoms with Gasteiger partial charge >= 0.3 is 0 Å². The molecule has 0 aliphatic heterocycles. The molecule has 0 aliphatic carbocycles. The summed E-state index contributed by atoms with van der Waals surface area (Å²) in [6.45, 7) is 2.27. The van der Waals surface area contributed by atoms with Crippen molar-refractivity contribution in [2.75, 3.05) is 23.9 Å². The Bertz CT molecular complexity index is 525. The van der Waals surface area contributed by atoms with E-state index in [1.807, 2.05) is 37.4 Å². The smallest absolute Gasteiger partial charge is 0.156 e. The predicted octanol–water partition coefficient (Wildman–Crippen LogP) is 2.16. The Labute approximate surface area is 111 Å². The van der Waals surface area contributed by atoms with E-state index < -0.39 is 5.60 Å². The molecule has 0 amide bonds. The normalized spacial score (nSPS) is 14.4. The zero-order chi connectivity index (χ0) is 13.0. The molecule has 96 valence electrons. The number of aromatic nitrogens is 2. The lowest BCUT2D eigenvalue weighted by molar-refractivity contribution is 0.0996. The molecule has 18 heavy (non-hydrogen) atoms. The molecule has 1 aromatic carbocycles. The van der Waals surface area contributed by atoms with Crippen LogP contribution in [-0.4, -0.2) is 39.5 Å². The molecule has 0 fully saturated rings. The van der Waals surface area contributed by atoms with Crippen LogP contribution in [-0.2, 0) is 0 Å². The summed E-state index contributed by atoms with van der Waals surface area (Å²) in [6, 6.07) is 7.93. The molecule has 0 saturated carbocycles. The minimum absolute atomic E-state index is 0.455. The summed E-state index contributed by atoms with van der Waals surface area (Å²) in [5, 5.41) is 23.4. The second-order valence-electron chi connectivity index (χ2n) is 4.56. The fraction of sp³-hybridized carbons (Fsp3) is 0.385. The maximum Gasteiger partial charge on any atom is 0.156 e. The summed E-state index contributed by atoms with van der Waals surface area (Å²) in [6.07, 6.45) is 3.72.